The van der Waals surface area contributed by atoms with E-state index in [1.54, 1.807) is 0 Å². The first kappa shape index (κ1) is 14.4. The molecule has 4 nitrogen and oxygen atoms in total. The van der Waals surface area contributed by atoms with Gasteiger partial charge in [-0.1, -0.05) is 25.6 Å². The fourth-order valence-electron chi connectivity index (χ4n) is 2.06. The Bertz CT molecular complexity index is 309. The van der Waals surface area contributed by atoms with Crippen molar-refractivity contribution in [2.24, 2.45) is 11.7 Å². The van der Waals surface area contributed by atoms with Gasteiger partial charge in [0, 0.05) is 6.61 Å². The summed E-state index contributed by atoms with van der Waals surface area (Å²) in [6.45, 7) is 6.68. The zero-order valence-electron chi connectivity index (χ0n) is 10.8. The van der Waals surface area contributed by atoms with Crippen molar-refractivity contribution in [3.63, 3.8) is 0 Å². The van der Waals surface area contributed by atoms with Gasteiger partial charge in [-0.05, 0) is 26.7 Å². The first-order valence-electron chi connectivity index (χ1n) is 6.13. The van der Waals surface area contributed by atoms with Crippen LogP contribution in [0.3, 0.4) is 0 Å². The molecule has 1 aliphatic heterocycles. The number of amides is 1. The highest BCUT2D eigenvalue weighted by Crippen LogP contribution is 2.25. The van der Waals surface area contributed by atoms with Crippen LogP contribution in [-0.2, 0) is 9.53 Å². The van der Waals surface area contributed by atoms with Crippen molar-refractivity contribution >= 4 is 23.1 Å². The number of thiocarbonyl (C=S) groups is 1. The summed E-state index contributed by atoms with van der Waals surface area (Å²) in [4.78, 5) is 12.4. The van der Waals surface area contributed by atoms with Crippen molar-refractivity contribution in [3.05, 3.63) is 0 Å². The van der Waals surface area contributed by atoms with Gasteiger partial charge in [-0.25, -0.2) is 0 Å². The van der Waals surface area contributed by atoms with Gasteiger partial charge in [0.25, 0.3) is 0 Å². The lowest BCUT2D eigenvalue weighted by Gasteiger charge is -2.30. The van der Waals surface area contributed by atoms with E-state index in [1.807, 2.05) is 20.8 Å². The van der Waals surface area contributed by atoms with Crippen LogP contribution < -0.4 is 11.1 Å². The van der Waals surface area contributed by atoms with Gasteiger partial charge < -0.3 is 15.8 Å². The Morgan fingerprint density at radius 3 is 2.76 bits per heavy atom. The second kappa shape index (κ2) is 5.78. The maximum absolute atomic E-state index is 12.1. The number of ether oxygens (including phenoxy) is 1. The van der Waals surface area contributed by atoms with Crippen LogP contribution in [-0.4, -0.2) is 29.1 Å². The van der Waals surface area contributed by atoms with Gasteiger partial charge in [0.15, 0.2) is 0 Å². The summed E-state index contributed by atoms with van der Waals surface area (Å²) in [5.74, 6) is -0.432. The van der Waals surface area contributed by atoms with Crippen molar-refractivity contribution < 1.29 is 9.53 Å². The lowest BCUT2D eigenvalue weighted by molar-refractivity contribution is -0.125. The molecule has 17 heavy (non-hydrogen) atoms. The maximum Gasteiger partial charge on any atom is 0.230 e. The number of nitrogens with one attached hydrogen (secondary N) is 1. The first-order chi connectivity index (χ1) is 7.90. The Morgan fingerprint density at radius 1 is 1.71 bits per heavy atom. The van der Waals surface area contributed by atoms with E-state index in [1.165, 1.54) is 0 Å². The highest BCUT2D eigenvalue weighted by Gasteiger charge is 2.39. The molecule has 3 unspecified atom stereocenters. The molecule has 0 aromatic heterocycles. The predicted molar refractivity (Wildman–Crippen MR) is 71.8 cm³/mol. The Kier molecular flexibility index (Phi) is 4.89. The molecule has 1 aliphatic rings. The van der Waals surface area contributed by atoms with Crippen molar-refractivity contribution in [1.82, 2.24) is 5.32 Å². The lowest BCUT2D eigenvalue weighted by atomic mass is 9.92. The third-order valence-corrected chi connectivity index (χ3v) is 3.82. The van der Waals surface area contributed by atoms with E-state index >= 15 is 0 Å². The molecule has 0 aromatic rings. The van der Waals surface area contributed by atoms with E-state index in [2.05, 4.69) is 5.32 Å². The third kappa shape index (κ3) is 3.39. The summed E-state index contributed by atoms with van der Waals surface area (Å²) in [5.41, 5.74) is 5.32. The average Bonchev–Trinajstić information content (AvgIpc) is 2.54. The molecule has 0 aromatic carbocycles. The van der Waals surface area contributed by atoms with Gasteiger partial charge in [0.05, 0.1) is 22.5 Å². The highest BCUT2D eigenvalue weighted by molar-refractivity contribution is 7.80. The van der Waals surface area contributed by atoms with Crippen LogP contribution >= 0.6 is 12.2 Å². The van der Waals surface area contributed by atoms with E-state index in [-0.39, 0.29) is 28.5 Å². The molecule has 0 radical (unpaired) electrons. The number of carbonyl (C=O) groups is 1. The summed E-state index contributed by atoms with van der Waals surface area (Å²) >= 11 is 4.95. The number of nitrogens with two attached hydrogens (primary N) is 1. The SMILES string of the molecule is CCCC(C(=O)NC1(C)CCOC1C)C(N)=S. The molecule has 1 heterocycles. The molecule has 1 amide bonds. The number of carbonyl (C=O) groups excluding carboxylic acids is 1. The van der Waals surface area contributed by atoms with Crippen molar-refractivity contribution in [3.8, 4) is 0 Å². The van der Waals surface area contributed by atoms with Crippen LogP contribution in [0, 0.1) is 5.92 Å². The minimum Gasteiger partial charge on any atom is -0.393 e. The van der Waals surface area contributed by atoms with E-state index in [0.717, 1.165) is 12.8 Å². The van der Waals surface area contributed by atoms with Crippen LogP contribution in [0.25, 0.3) is 0 Å². The Labute approximate surface area is 108 Å². The monoisotopic (exact) mass is 258 g/mol. The molecule has 1 saturated heterocycles. The minimum absolute atomic E-state index is 0.0278. The quantitative estimate of drug-likeness (QED) is 0.731. The summed E-state index contributed by atoms with van der Waals surface area (Å²) in [5, 5.41) is 3.04. The number of hydrogen-bond donors (Lipinski definition) is 2. The molecular formula is C12H22N2O2S. The molecule has 0 spiro atoms. The topological polar surface area (TPSA) is 64.3 Å². The van der Waals surface area contributed by atoms with E-state index in [4.69, 9.17) is 22.7 Å². The van der Waals surface area contributed by atoms with Crippen molar-refractivity contribution in [1.29, 1.82) is 0 Å². The Morgan fingerprint density at radius 2 is 2.35 bits per heavy atom. The molecule has 5 heteroatoms. The Balaban J connectivity index is 2.66. The van der Waals surface area contributed by atoms with Gasteiger partial charge in [-0.3, -0.25) is 4.79 Å². The molecule has 3 atom stereocenters. The normalized spacial score (nSPS) is 29.9. The first-order valence-corrected chi connectivity index (χ1v) is 6.54. The molecule has 1 fully saturated rings. The number of hydrogen-bond acceptors (Lipinski definition) is 3. The smallest absolute Gasteiger partial charge is 0.230 e. The minimum atomic E-state index is -0.361. The molecule has 98 valence electrons. The van der Waals surface area contributed by atoms with Gasteiger partial charge >= 0.3 is 0 Å². The summed E-state index contributed by atoms with van der Waals surface area (Å²) in [6, 6.07) is 0. The van der Waals surface area contributed by atoms with Crippen molar-refractivity contribution in [2.45, 2.75) is 51.7 Å². The molecule has 0 saturated carbocycles. The predicted octanol–water partition coefficient (Wildman–Crippen LogP) is 1.37. The van der Waals surface area contributed by atoms with Crippen LogP contribution in [0.5, 0.6) is 0 Å². The Hall–Kier alpha value is -0.680. The van der Waals surface area contributed by atoms with Crippen molar-refractivity contribution in [2.75, 3.05) is 6.61 Å². The second-order valence-electron chi connectivity index (χ2n) is 4.91. The standard InChI is InChI=1S/C12H22N2O2S/c1-4-5-9(10(13)17)11(15)14-12(3)6-7-16-8(12)2/h8-9H,4-7H2,1-3H3,(H2,13,17)(H,14,15). The molecular weight excluding hydrogens is 236 g/mol. The summed E-state index contributed by atoms with van der Waals surface area (Å²) in [7, 11) is 0. The fourth-order valence-corrected chi connectivity index (χ4v) is 2.28. The highest BCUT2D eigenvalue weighted by atomic mass is 32.1. The maximum atomic E-state index is 12.1. The zero-order chi connectivity index (χ0) is 13.1. The van der Waals surface area contributed by atoms with Gasteiger partial charge in [-0.15, -0.1) is 0 Å². The summed E-state index contributed by atoms with van der Waals surface area (Å²) < 4.78 is 5.49. The van der Waals surface area contributed by atoms with Gasteiger partial charge in [0.2, 0.25) is 5.91 Å². The van der Waals surface area contributed by atoms with Crippen LogP contribution in [0.4, 0.5) is 0 Å². The van der Waals surface area contributed by atoms with E-state index in [0.29, 0.717) is 13.0 Å². The van der Waals surface area contributed by atoms with Gasteiger partial charge in [0.1, 0.15) is 0 Å². The third-order valence-electron chi connectivity index (χ3n) is 3.53. The van der Waals surface area contributed by atoms with Crippen LogP contribution in [0.15, 0.2) is 0 Å². The van der Waals surface area contributed by atoms with Gasteiger partial charge in [-0.2, -0.15) is 0 Å². The van der Waals surface area contributed by atoms with E-state index < -0.39 is 0 Å². The molecule has 0 bridgehead atoms. The molecule has 1 rings (SSSR count). The average molecular weight is 258 g/mol. The number of rotatable bonds is 5. The van der Waals surface area contributed by atoms with Crippen LogP contribution in [0.1, 0.15) is 40.0 Å². The lowest BCUT2D eigenvalue weighted by Crippen LogP contribution is -2.53. The molecule has 0 aliphatic carbocycles. The zero-order valence-corrected chi connectivity index (χ0v) is 11.6. The molecule has 3 N–H and O–H groups in total. The largest absolute Gasteiger partial charge is 0.393 e. The summed E-state index contributed by atoms with van der Waals surface area (Å²) in [6.07, 6.45) is 2.45. The van der Waals surface area contributed by atoms with E-state index in [9.17, 15) is 4.79 Å². The van der Waals surface area contributed by atoms with Crippen LogP contribution in [0.2, 0.25) is 0 Å². The fraction of sp³-hybridized carbons (Fsp3) is 0.833. The second-order valence-corrected chi connectivity index (χ2v) is 5.38.